The van der Waals surface area contributed by atoms with Crippen LogP contribution in [-0.2, 0) is 13.0 Å². The number of halogens is 1. The molecule has 1 aromatic heterocycles. The summed E-state index contributed by atoms with van der Waals surface area (Å²) in [5.74, 6) is 0. The van der Waals surface area contributed by atoms with Crippen LogP contribution in [0.2, 0.25) is 0 Å². The lowest BCUT2D eigenvalue weighted by Crippen LogP contribution is -2.27. The molecule has 2 aromatic rings. The summed E-state index contributed by atoms with van der Waals surface area (Å²) in [6.45, 7) is 2.74. The summed E-state index contributed by atoms with van der Waals surface area (Å²) in [6, 6.07) is 9.51. The SMILES string of the molecule is CC(Cc1cccs1)NCc1cc(Br)cc([N+](=O)[O-])c1. The average Bonchev–Trinajstić information content (AvgIpc) is 2.88. The molecule has 20 heavy (non-hydrogen) atoms. The summed E-state index contributed by atoms with van der Waals surface area (Å²) >= 11 is 5.05. The fourth-order valence-corrected chi connectivity index (χ4v) is 3.30. The summed E-state index contributed by atoms with van der Waals surface area (Å²) in [6.07, 6.45) is 0.966. The van der Waals surface area contributed by atoms with Crippen LogP contribution in [0.15, 0.2) is 40.2 Å². The number of thiophene rings is 1. The molecule has 1 N–H and O–H groups in total. The molecule has 0 aliphatic rings. The van der Waals surface area contributed by atoms with Gasteiger partial charge in [-0.15, -0.1) is 11.3 Å². The van der Waals surface area contributed by atoms with Crippen molar-refractivity contribution in [1.29, 1.82) is 0 Å². The summed E-state index contributed by atoms with van der Waals surface area (Å²) in [4.78, 5) is 11.8. The standard InChI is InChI=1S/C14H15BrN2O2S/c1-10(5-14-3-2-4-20-14)16-9-11-6-12(15)8-13(7-11)17(18)19/h2-4,6-8,10,16H,5,9H2,1H3. The molecule has 106 valence electrons. The lowest BCUT2D eigenvalue weighted by molar-refractivity contribution is -0.385. The lowest BCUT2D eigenvalue weighted by atomic mass is 10.1. The van der Waals surface area contributed by atoms with Crippen molar-refractivity contribution in [3.05, 3.63) is 60.7 Å². The Hall–Kier alpha value is -1.24. The van der Waals surface area contributed by atoms with Crippen molar-refractivity contribution in [2.45, 2.75) is 25.9 Å². The number of rotatable bonds is 6. The van der Waals surface area contributed by atoms with E-state index in [1.807, 2.05) is 12.1 Å². The Morgan fingerprint density at radius 2 is 2.25 bits per heavy atom. The van der Waals surface area contributed by atoms with E-state index in [2.05, 4.69) is 39.6 Å². The highest BCUT2D eigenvalue weighted by atomic mass is 79.9. The van der Waals surface area contributed by atoms with Crippen molar-refractivity contribution in [3.8, 4) is 0 Å². The minimum absolute atomic E-state index is 0.113. The molecule has 2 rings (SSSR count). The van der Waals surface area contributed by atoms with Gasteiger partial charge in [-0.25, -0.2) is 0 Å². The quantitative estimate of drug-likeness (QED) is 0.626. The smallest absolute Gasteiger partial charge is 0.270 e. The van der Waals surface area contributed by atoms with Gasteiger partial charge >= 0.3 is 0 Å². The van der Waals surface area contributed by atoms with Crippen LogP contribution >= 0.6 is 27.3 Å². The first-order valence-corrected chi connectivity index (χ1v) is 7.91. The van der Waals surface area contributed by atoms with Crippen molar-refractivity contribution >= 4 is 33.0 Å². The minimum Gasteiger partial charge on any atom is -0.310 e. The van der Waals surface area contributed by atoms with Gasteiger partial charge in [0.25, 0.3) is 5.69 Å². The number of hydrogen-bond acceptors (Lipinski definition) is 4. The summed E-state index contributed by atoms with van der Waals surface area (Å²) in [5.41, 5.74) is 1.02. The average molecular weight is 355 g/mol. The Labute approximate surface area is 130 Å². The van der Waals surface area contributed by atoms with Crippen molar-refractivity contribution in [2.24, 2.45) is 0 Å². The van der Waals surface area contributed by atoms with Gasteiger partial charge < -0.3 is 5.32 Å². The van der Waals surface area contributed by atoms with Crippen LogP contribution in [0.1, 0.15) is 17.4 Å². The highest BCUT2D eigenvalue weighted by Gasteiger charge is 2.10. The fourth-order valence-electron chi connectivity index (χ4n) is 1.94. The number of nitrogens with one attached hydrogen (secondary N) is 1. The number of hydrogen-bond donors (Lipinski definition) is 1. The third-order valence-corrected chi connectivity index (χ3v) is 4.25. The van der Waals surface area contributed by atoms with Gasteiger partial charge in [0.15, 0.2) is 0 Å². The van der Waals surface area contributed by atoms with E-state index >= 15 is 0 Å². The zero-order valence-corrected chi connectivity index (χ0v) is 13.4. The molecule has 1 unspecified atom stereocenters. The van der Waals surface area contributed by atoms with Gasteiger partial charge in [-0.05, 0) is 36.4 Å². The van der Waals surface area contributed by atoms with Crippen LogP contribution in [0.5, 0.6) is 0 Å². The molecular formula is C14H15BrN2O2S. The lowest BCUT2D eigenvalue weighted by Gasteiger charge is -2.13. The van der Waals surface area contributed by atoms with Crippen molar-refractivity contribution in [1.82, 2.24) is 5.32 Å². The normalized spacial score (nSPS) is 12.3. The first-order chi connectivity index (χ1) is 9.54. The second-order valence-corrected chi connectivity index (χ2v) is 6.59. The van der Waals surface area contributed by atoms with E-state index in [4.69, 9.17) is 0 Å². The van der Waals surface area contributed by atoms with Crippen LogP contribution in [0.4, 0.5) is 5.69 Å². The number of nitrogens with zero attached hydrogens (tertiary/aromatic N) is 1. The number of nitro benzene ring substituents is 1. The van der Waals surface area contributed by atoms with E-state index < -0.39 is 0 Å². The number of nitro groups is 1. The summed E-state index contributed by atoms with van der Waals surface area (Å²) < 4.78 is 0.731. The maximum Gasteiger partial charge on any atom is 0.270 e. The van der Waals surface area contributed by atoms with Crippen LogP contribution in [0.3, 0.4) is 0 Å². The van der Waals surface area contributed by atoms with Gasteiger partial charge in [0.1, 0.15) is 0 Å². The van der Waals surface area contributed by atoms with E-state index in [0.29, 0.717) is 12.6 Å². The Kier molecular flexibility index (Phi) is 5.28. The predicted molar refractivity (Wildman–Crippen MR) is 85.1 cm³/mol. The predicted octanol–water partition coefficient (Wildman–Crippen LogP) is 4.14. The number of non-ortho nitro benzene ring substituents is 1. The molecule has 0 fully saturated rings. The van der Waals surface area contributed by atoms with E-state index in [1.165, 1.54) is 10.9 Å². The Morgan fingerprint density at radius 1 is 1.45 bits per heavy atom. The maximum atomic E-state index is 10.8. The Morgan fingerprint density at radius 3 is 2.90 bits per heavy atom. The first-order valence-electron chi connectivity index (χ1n) is 6.24. The minimum atomic E-state index is -0.372. The molecule has 0 saturated heterocycles. The highest BCUT2D eigenvalue weighted by molar-refractivity contribution is 9.10. The second kappa shape index (κ2) is 6.97. The van der Waals surface area contributed by atoms with Gasteiger partial charge in [-0.2, -0.15) is 0 Å². The van der Waals surface area contributed by atoms with Crippen molar-refractivity contribution in [2.75, 3.05) is 0 Å². The molecule has 4 nitrogen and oxygen atoms in total. The zero-order valence-electron chi connectivity index (χ0n) is 11.0. The topological polar surface area (TPSA) is 55.2 Å². The molecule has 0 aliphatic carbocycles. The van der Waals surface area contributed by atoms with Crippen LogP contribution < -0.4 is 5.32 Å². The monoisotopic (exact) mass is 354 g/mol. The maximum absolute atomic E-state index is 10.8. The Bertz CT molecular complexity index is 587. The van der Waals surface area contributed by atoms with Crippen molar-refractivity contribution in [3.63, 3.8) is 0 Å². The van der Waals surface area contributed by atoms with Gasteiger partial charge in [0.05, 0.1) is 4.92 Å². The first kappa shape index (κ1) is 15.2. The van der Waals surface area contributed by atoms with Crippen LogP contribution in [0, 0.1) is 10.1 Å². The van der Waals surface area contributed by atoms with Gasteiger partial charge in [-0.3, -0.25) is 10.1 Å². The largest absolute Gasteiger partial charge is 0.310 e. The molecule has 0 aliphatic heterocycles. The second-order valence-electron chi connectivity index (χ2n) is 4.64. The van der Waals surface area contributed by atoms with E-state index in [0.717, 1.165) is 16.5 Å². The molecule has 0 amide bonds. The van der Waals surface area contributed by atoms with Gasteiger partial charge in [0, 0.05) is 34.1 Å². The molecule has 1 heterocycles. The van der Waals surface area contributed by atoms with Gasteiger partial charge in [0.2, 0.25) is 0 Å². The molecule has 0 radical (unpaired) electrons. The Balaban J connectivity index is 1.94. The third-order valence-electron chi connectivity index (χ3n) is 2.90. The number of benzene rings is 1. The molecule has 1 atom stereocenters. The van der Waals surface area contributed by atoms with E-state index in [1.54, 1.807) is 17.4 Å². The molecule has 0 saturated carbocycles. The van der Waals surface area contributed by atoms with E-state index in [9.17, 15) is 10.1 Å². The van der Waals surface area contributed by atoms with Gasteiger partial charge in [-0.1, -0.05) is 22.0 Å². The third kappa shape index (κ3) is 4.40. The van der Waals surface area contributed by atoms with Crippen molar-refractivity contribution < 1.29 is 4.92 Å². The van der Waals surface area contributed by atoms with E-state index in [-0.39, 0.29) is 10.6 Å². The van der Waals surface area contributed by atoms with Crippen LogP contribution in [0.25, 0.3) is 0 Å². The molecule has 0 spiro atoms. The fraction of sp³-hybridized carbons (Fsp3) is 0.286. The van der Waals surface area contributed by atoms with Crippen LogP contribution in [-0.4, -0.2) is 11.0 Å². The summed E-state index contributed by atoms with van der Waals surface area (Å²) in [5, 5.41) is 16.3. The zero-order chi connectivity index (χ0) is 14.5. The molecule has 6 heteroatoms. The highest BCUT2D eigenvalue weighted by Crippen LogP contribution is 2.21. The molecule has 0 bridgehead atoms. The molecule has 1 aromatic carbocycles. The molecular weight excluding hydrogens is 340 g/mol. The summed E-state index contributed by atoms with van der Waals surface area (Å²) in [7, 11) is 0.